The van der Waals surface area contributed by atoms with Gasteiger partial charge in [0.05, 0.1) is 21.7 Å². The van der Waals surface area contributed by atoms with Gasteiger partial charge in [0.15, 0.2) is 0 Å². The third kappa shape index (κ3) is 3.28. The van der Waals surface area contributed by atoms with Crippen LogP contribution in [0, 0.1) is 11.6 Å². The van der Waals surface area contributed by atoms with Crippen molar-refractivity contribution in [2.24, 2.45) is 0 Å². The molecule has 3 aromatic rings. The Hall–Kier alpha value is -2.52. The van der Waals surface area contributed by atoms with Gasteiger partial charge >= 0.3 is 0 Å². The lowest BCUT2D eigenvalue weighted by Gasteiger charge is -2.15. The highest BCUT2D eigenvalue weighted by Crippen LogP contribution is 2.35. The molecule has 2 aromatic heterocycles. The summed E-state index contributed by atoms with van der Waals surface area (Å²) in [4.78, 5) is 18.3. The number of rotatable bonds is 3. The molecule has 0 spiro atoms. The molecule has 2 N–H and O–H groups in total. The van der Waals surface area contributed by atoms with E-state index in [1.807, 2.05) is 0 Å². The van der Waals surface area contributed by atoms with Crippen LogP contribution in [0.15, 0.2) is 39.5 Å². The molecule has 1 aliphatic heterocycles. The number of fused-ring (bicyclic) bond motifs is 1. The Bertz CT molecular complexity index is 1040. The monoisotopic (exact) mass is 437 g/mol. The first kappa shape index (κ1) is 17.9. The number of nitrogens with zero attached hydrogens (tertiary/aromatic N) is 2. The van der Waals surface area contributed by atoms with E-state index < -0.39 is 23.6 Å². The van der Waals surface area contributed by atoms with Crippen LogP contribution in [0.3, 0.4) is 0 Å². The number of β-amino-alcohol motifs (C(OH)–C–C–N with tert-alkyl or cyclic N) is 1. The second kappa shape index (κ2) is 6.90. The summed E-state index contributed by atoms with van der Waals surface area (Å²) < 4.78 is 33.8. The van der Waals surface area contributed by atoms with Crippen LogP contribution in [0.2, 0.25) is 0 Å². The van der Waals surface area contributed by atoms with Gasteiger partial charge in [0.2, 0.25) is 5.76 Å². The molecule has 1 amide bonds. The van der Waals surface area contributed by atoms with Gasteiger partial charge in [0.1, 0.15) is 22.9 Å². The second-order valence-corrected chi connectivity index (χ2v) is 7.10. The molecule has 1 aliphatic rings. The van der Waals surface area contributed by atoms with Gasteiger partial charge in [-0.1, -0.05) is 0 Å². The van der Waals surface area contributed by atoms with Crippen molar-refractivity contribution in [1.82, 2.24) is 9.88 Å². The van der Waals surface area contributed by atoms with Crippen LogP contribution in [0.5, 0.6) is 0 Å². The quantitative estimate of drug-likeness (QED) is 0.608. The number of aliphatic hydroxyl groups is 1. The van der Waals surface area contributed by atoms with Crippen molar-refractivity contribution in [3.63, 3.8) is 0 Å². The minimum Gasteiger partial charge on any atom is -0.448 e. The lowest BCUT2D eigenvalue weighted by molar-refractivity contribution is 0.0737. The average molecular weight is 438 g/mol. The molecule has 0 radical (unpaired) electrons. The Labute approximate surface area is 160 Å². The number of hydrogen-bond donors (Lipinski definition) is 2. The van der Waals surface area contributed by atoms with Gasteiger partial charge in [-0.3, -0.25) is 9.78 Å². The van der Waals surface area contributed by atoms with E-state index in [1.54, 1.807) is 6.07 Å². The number of aliphatic hydroxyl groups excluding tert-OH is 1. The maximum atomic E-state index is 14.3. The standard InChI is InChI=1S/C18H14BrF2N3O3/c19-11-5-13(21)14(6-12(11)20)23-16-10-7-22-3-1-15(10)27-17(16)18(26)24-4-2-9(25)8-24/h1,3,5-7,9,23,25H,2,4,8H2/t9-/m1/s1. The zero-order valence-corrected chi connectivity index (χ0v) is 15.5. The van der Waals surface area contributed by atoms with Gasteiger partial charge in [-0.15, -0.1) is 0 Å². The Morgan fingerprint density at radius 2 is 2.19 bits per heavy atom. The molecule has 140 valence electrons. The number of pyridine rings is 1. The molecule has 0 bridgehead atoms. The summed E-state index contributed by atoms with van der Waals surface area (Å²) in [6.45, 7) is 0.574. The van der Waals surface area contributed by atoms with Gasteiger partial charge in [-0.2, -0.15) is 0 Å². The van der Waals surface area contributed by atoms with E-state index in [1.165, 1.54) is 17.3 Å². The number of carbonyl (C=O) groups excluding carboxylic acids is 1. The van der Waals surface area contributed by atoms with Crippen molar-refractivity contribution >= 4 is 44.2 Å². The summed E-state index contributed by atoms with van der Waals surface area (Å²) in [5.41, 5.74) is 0.441. The predicted molar refractivity (Wildman–Crippen MR) is 97.9 cm³/mol. The van der Waals surface area contributed by atoms with Gasteiger partial charge in [-0.05, 0) is 34.5 Å². The molecule has 1 fully saturated rings. The fourth-order valence-electron chi connectivity index (χ4n) is 3.04. The van der Waals surface area contributed by atoms with E-state index in [2.05, 4.69) is 26.2 Å². The highest BCUT2D eigenvalue weighted by Gasteiger charge is 2.31. The summed E-state index contributed by atoms with van der Waals surface area (Å²) in [7, 11) is 0. The normalized spacial score (nSPS) is 16.9. The van der Waals surface area contributed by atoms with Crippen molar-refractivity contribution in [3.05, 3.63) is 52.5 Å². The molecule has 4 rings (SSSR count). The van der Waals surface area contributed by atoms with Crippen molar-refractivity contribution in [2.45, 2.75) is 12.5 Å². The van der Waals surface area contributed by atoms with Crippen LogP contribution in [0.25, 0.3) is 11.0 Å². The number of anilines is 2. The van der Waals surface area contributed by atoms with E-state index in [0.717, 1.165) is 12.1 Å². The molecule has 1 saturated heterocycles. The zero-order chi connectivity index (χ0) is 19.1. The molecule has 1 atom stereocenters. The fraction of sp³-hybridized carbons (Fsp3) is 0.222. The molecule has 3 heterocycles. The molecule has 1 aromatic carbocycles. The smallest absolute Gasteiger partial charge is 0.291 e. The van der Waals surface area contributed by atoms with E-state index in [0.29, 0.717) is 23.9 Å². The Morgan fingerprint density at radius 3 is 2.93 bits per heavy atom. The highest BCUT2D eigenvalue weighted by atomic mass is 79.9. The first-order chi connectivity index (χ1) is 12.9. The third-order valence-electron chi connectivity index (χ3n) is 4.40. The summed E-state index contributed by atoms with van der Waals surface area (Å²) in [6, 6.07) is 3.56. The molecular formula is C18H14BrF2N3O3. The van der Waals surface area contributed by atoms with Crippen LogP contribution in [0.1, 0.15) is 17.0 Å². The maximum Gasteiger partial charge on any atom is 0.291 e. The molecule has 9 heteroatoms. The summed E-state index contributed by atoms with van der Waals surface area (Å²) >= 11 is 2.93. The van der Waals surface area contributed by atoms with Gasteiger partial charge in [0, 0.05) is 31.5 Å². The van der Waals surface area contributed by atoms with Crippen LogP contribution < -0.4 is 5.32 Å². The first-order valence-corrected chi connectivity index (χ1v) is 8.98. The van der Waals surface area contributed by atoms with E-state index in [9.17, 15) is 18.7 Å². The highest BCUT2D eigenvalue weighted by molar-refractivity contribution is 9.10. The van der Waals surface area contributed by atoms with E-state index in [-0.39, 0.29) is 28.2 Å². The number of benzene rings is 1. The number of amides is 1. The van der Waals surface area contributed by atoms with Crippen molar-refractivity contribution < 1.29 is 23.1 Å². The van der Waals surface area contributed by atoms with Crippen LogP contribution in [-0.2, 0) is 0 Å². The maximum absolute atomic E-state index is 14.3. The zero-order valence-electron chi connectivity index (χ0n) is 13.9. The number of likely N-dealkylation sites (tertiary alicyclic amines) is 1. The predicted octanol–water partition coefficient (Wildman–Crippen LogP) is 3.82. The van der Waals surface area contributed by atoms with Crippen molar-refractivity contribution in [1.29, 1.82) is 0 Å². The van der Waals surface area contributed by atoms with Crippen LogP contribution >= 0.6 is 15.9 Å². The van der Waals surface area contributed by atoms with Crippen molar-refractivity contribution in [2.75, 3.05) is 18.4 Å². The summed E-state index contributed by atoms with van der Waals surface area (Å²) in [6.07, 6.45) is 2.87. The fourth-order valence-corrected chi connectivity index (χ4v) is 3.35. The second-order valence-electron chi connectivity index (χ2n) is 6.24. The number of halogens is 3. The van der Waals surface area contributed by atoms with Gasteiger partial charge in [0.25, 0.3) is 5.91 Å². The number of furan rings is 1. The lowest BCUT2D eigenvalue weighted by Crippen LogP contribution is -2.29. The van der Waals surface area contributed by atoms with Gasteiger partial charge < -0.3 is 19.7 Å². The molecule has 0 aliphatic carbocycles. The van der Waals surface area contributed by atoms with E-state index in [4.69, 9.17) is 4.42 Å². The molecule has 6 nitrogen and oxygen atoms in total. The number of nitrogens with one attached hydrogen (secondary N) is 1. The Morgan fingerprint density at radius 1 is 1.37 bits per heavy atom. The van der Waals surface area contributed by atoms with E-state index >= 15 is 0 Å². The lowest BCUT2D eigenvalue weighted by atomic mass is 10.2. The average Bonchev–Trinajstić information content (AvgIpc) is 3.23. The molecular weight excluding hydrogens is 424 g/mol. The third-order valence-corrected chi connectivity index (χ3v) is 5.01. The Kier molecular flexibility index (Phi) is 4.56. The topological polar surface area (TPSA) is 78.6 Å². The first-order valence-electron chi connectivity index (χ1n) is 8.19. The molecule has 27 heavy (non-hydrogen) atoms. The SMILES string of the molecule is O=C(c1oc2ccncc2c1Nc1cc(F)c(Br)cc1F)N1CC[C@@H](O)C1. The largest absolute Gasteiger partial charge is 0.448 e. The number of carbonyl (C=O) groups is 1. The number of hydrogen-bond acceptors (Lipinski definition) is 5. The summed E-state index contributed by atoms with van der Waals surface area (Å²) in [5.74, 6) is -1.84. The van der Waals surface area contributed by atoms with Gasteiger partial charge in [-0.25, -0.2) is 8.78 Å². The van der Waals surface area contributed by atoms with Crippen molar-refractivity contribution in [3.8, 4) is 0 Å². The molecule has 0 saturated carbocycles. The Balaban J connectivity index is 1.79. The number of aromatic nitrogens is 1. The van der Waals surface area contributed by atoms with Crippen LogP contribution in [0.4, 0.5) is 20.2 Å². The van der Waals surface area contributed by atoms with Crippen LogP contribution in [-0.4, -0.2) is 40.1 Å². The minimum atomic E-state index is -0.698. The summed E-state index contributed by atoms with van der Waals surface area (Å²) in [5, 5.41) is 12.9. The minimum absolute atomic E-state index is 0.00776. The molecule has 0 unspecified atom stereocenters.